The number of fused-ring (bicyclic) bond motifs is 1. The molecular weight excluding hydrogens is 538 g/mol. The van der Waals surface area contributed by atoms with Crippen molar-refractivity contribution in [3.63, 3.8) is 0 Å². The van der Waals surface area contributed by atoms with E-state index in [1.54, 1.807) is 14.2 Å². The molecule has 206 valence electrons. The number of carbonyl (C=O) groups excluding carboxylic acids is 1. The molecular formula is C33H28ClN3O4. The van der Waals surface area contributed by atoms with E-state index >= 15 is 0 Å². The third-order valence-corrected chi connectivity index (χ3v) is 7.64. The maximum absolute atomic E-state index is 13.9. The topological polar surface area (TPSA) is 76.7 Å². The summed E-state index contributed by atoms with van der Waals surface area (Å²) in [7, 11) is 3.24. The standard InChI is InChI=1S/C33H28ClN3O4/c1-39-25-15-12-22(13-16-25)30-29-31(36-35-30)33(38)37(19-24-10-6-7-11-26(24)34)32(29)23-14-17-27(28(18-23)40-2)41-20-21-8-4-3-5-9-21/h3-18,32H,19-20H2,1-2H3,(H,35,36). The lowest BCUT2D eigenvalue weighted by Crippen LogP contribution is -2.29. The van der Waals surface area contributed by atoms with Crippen LogP contribution in [0.4, 0.5) is 0 Å². The highest BCUT2D eigenvalue weighted by atomic mass is 35.5. The minimum atomic E-state index is -0.443. The van der Waals surface area contributed by atoms with E-state index in [1.807, 2.05) is 102 Å². The van der Waals surface area contributed by atoms with Gasteiger partial charge < -0.3 is 19.1 Å². The van der Waals surface area contributed by atoms with Crippen LogP contribution in [0, 0.1) is 0 Å². The van der Waals surface area contributed by atoms with Gasteiger partial charge in [-0.1, -0.05) is 66.2 Å². The lowest BCUT2D eigenvalue weighted by Gasteiger charge is -2.27. The van der Waals surface area contributed by atoms with Gasteiger partial charge in [0.25, 0.3) is 5.91 Å². The van der Waals surface area contributed by atoms with Crippen LogP contribution in [0.25, 0.3) is 11.3 Å². The Hall–Kier alpha value is -4.75. The minimum absolute atomic E-state index is 0.152. The van der Waals surface area contributed by atoms with Gasteiger partial charge in [0.2, 0.25) is 0 Å². The normalized spacial score (nSPS) is 14.2. The van der Waals surface area contributed by atoms with Crippen LogP contribution in [0.15, 0.2) is 97.1 Å². The molecule has 5 aromatic rings. The number of methoxy groups -OCH3 is 2. The van der Waals surface area contributed by atoms with Gasteiger partial charge in [0.1, 0.15) is 18.1 Å². The fraction of sp³-hybridized carbons (Fsp3) is 0.152. The van der Waals surface area contributed by atoms with E-state index in [1.165, 1.54) is 0 Å². The third-order valence-electron chi connectivity index (χ3n) is 7.27. The molecule has 7 nitrogen and oxygen atoms in total. The van der Waals surface area contributed by atoms with Crippen molar-refractivity contribution in [1.82, 2.24) is 15.1 Å². The van der Waals surface area contributed by atoms with Crippen LogP contribution >= 0.6 is 11.6 Å². The summed E-state index contributed by atoms with van der Waals surface area (Å²) in [5.74, 6) is 1.78. The molecule has 2 heterocycles. The number of rotatable bonds is 9. The highest BCUT2D eigenvalue weighted by molar-refractivity contribution is 6.31. The van der Waals surface area contributed by atoms with Crippen molar-refractivity contribution in [2.45, 2.75) is 19.2 Å². The molecule has 1 aromatic heterocycles. The molecule has 1 aliphatic rings. The summed E-state index contributed by atoms with van der Waals surface area (Å²) in [6.45, 7) is 0.729. The number of H-pyrrole nitrogens is 1. The highest BCUT2D eigenvalue weighted by Crippen LogP contribution is 2.45. The van der Waals surface area contributed by atoms with Crippen molar-refractivity contribution < 1.29 is 19.0 Å². The number of benzene rings is 4. The number of hydrogen-bond acceptors (Lipinski definition) is 5. The Morgan fingerprint density at radius 3 is 2.37 bits per heavy atom. The lowest BCUT2D eigenvalue weighted by molar-refractivity contribution is 0.0730. The molecule has 0 saturated heterocycles. The van der Waals surface area contributed by atoms with Crippen molar-refractivity contribution in [3.8, 4) is 28.5 Å². The van der Waals surface area contributed by atoms with E-state index in [9.17, 15) is 4.79 Å². The SMILES string of the molecule is COc1ccc(-c2n[nH]c3c2C(c2ccc(OCc4ccccc4)c(OC)c2)N(Cc2ccccc2Cl)C3=O)cc1. The highest BCUT2D eigenvalue weighted by Gasteiger charge is 2.42. The van der Waals surface area contributed by atoms with Gasteiger partial charge in [-0.3, -0.25) is 9.89 Å². The van der Waals surface area contributed by atoms with Crippen molar-refractivity contribution in [2.75, 3.05) is 14.2 Å². The Morgan fingerprint density at radius 2 is 1.63 bits per heavy atom. The first-order valence-corrected chi connectivity index (χ1v) is 13.6. The van der Waals surface area contributed by atoms with E-state index in [0.717, 1.165) is 33.6 Å². The number of amides is 1. The first-order valence-electron chi connectivity index (χ1n) is 13.2. The Kier molecular flexibility index (Phi) is 7.35. The summed E-state index contributed by atoms with van der Waals surface area (Å²) in [4.78, 5) is 15.7. The van der Waals surface area contributed by atoms with Gasteiger partial charge in [0.15, 0.2) is 11.5 Å². The van der Waals surface area contributed by atoms with E-state index in [-0.39, 0.29) is 5.91 Å². The summed E-state index contributed by atoms with van der Waals surface area (Å²) in [5.41, 5.74) is 5.60. The van der Waals surface area contributed by atoms with Gasteiger partial charge >= 0.3 is 0 Å². The second-order valence-electron chi connectivity index (χ2n) is 9.70. The molecule has 0 radical (unpaired) electrons. The number of ether oxygens (including phenoxy) is 3. The Balaban J connectivity index is 1.42. The van der Waals surface area contributed by atoms with Crippen LogP contribution in [-0.2, 0) is 13.2 Å². The zero-order chi connectivity index (χ0) is 28.3. The van der Waals surface area contributed by atoms with Crippen LogP contribution in [-0.4, -0.2) is 35.2 Å². The second-order valence-corrected chi connectivity index (χ2v) is 10.1. The Bertz CT molecular complexity index is 1690. The molecule has 1 N–H and O–H groups in total. The zero-order valence-corrected chi connectivity index (χ0v) is 23.4. The molecule has 0 bridgehead atoms. The quantitative estimate of drug-likeness (QED) is 0.207. The van der Waals surface area contributed by atoms with E-state index < -0.39 is 6.04 Å². The fourth-order valence-electron chi connectivity index (χ4n) is 5.19. The van der Waals surface area contributed by atoms with Gasteiger partial charge in [-0.25, -0.2) is 0 Å². The molecule has 1 unspecified atom stereocenters. The zero-order valence-electron chi connectivity index (χ0n) is 22.6. The molecule has 0 saturated carbocycles. The average Bonchev–Trinajstić information content (AvgIpc) is 3.56. The van der Waals surface area contributed by atoms with Gasteiger partial charge in [-0.2, -0.15) is 5.10 Å². The van der Waals surface area contributed by atoms with Crippen LogP contribution in [0.3, 0.4) is 0 Å². The number of carbonyl (C=O) groups is 1. The minimum Gasteiger partial charge on any atom is -0.497 e. The van der Waals surface area contributed by atoms with Crippen LogP contribution in [0.2, 0.25) is 5.02 Å². The predicted octanol–water partition coefficient (Wildman–Crippen LogP) is 7.07. The van der Waals surface area contributed by atoms with Gasteiger partial charge in [0.05, 0.1) is 26.0 Å². The molecule has 41 heavy (non-hydrogen) atoms. The smallest absolute Gasteiger partial charge is 0.273 e. The Morgan fingerprint density at radius 1 is 0.878 bits per heavy atom. The molecule has 1 amide bonds. The number of halogens is 1. The molecule has 0 spiro atoms. The monoisotopic (exact) mass is 565 g/mol. The summed E-state index contributed by atoms with van der Waals surface area (Å²) in [6, 6.07) is 30.5. The third kappa shape index (κ3) is 5.12. The first kappa shape index (κ1) is 26.5. The van der Waals surface area contributed by atoms with Crippen molar-refractivity contribution in [3.05, 3.63) is 130 Å². The first-order chi connectivity index (χ1) is 20.1. The van der Waals surface area contributed by atoms with Gasteiger partial charge in [0, 0.05) is 22.7 Å². The van der Waals surface area contributed by atoms with Crippen molar-refractivity contribution in [2.24, 2.45) is 0 Å². The van der Waals surface area contributed by atoms with E-state index in [4.69, 9.17) is 25.8 Å². The summed E-state index contributed by atoms with van der Waals surface area (Å²) in [5, 5.41) is 8.19. The molecule has 8 heteroatoms. The van der Waals surface area contributed by atoms with E-state index in [0.29, 0.717) is 41.1 Å². The van der Waals surface area contributed by atoms with Crippen molar-refractivity contribution in [1.29, 1.82) is 0 Å². The van der Waals surface area contributed by atoms with E-state index in [2.05, 4.69) is 10.2 Å². The fourth-order valence-corrected chi connectivity index (χ4v) is 5.39. The molecule has 0 aliphatic carbocycles. The van der Waals surface area contributed by atoms with Gasteiger partial charge in [-0.05, 0) is 59.2 Å². The summed E-state index contributed by atoms with van der Waals surface area (Å²) >= 11 is 6.53. The average molecular weight is 566 g/mol. The number of nitrogens with one attached hydrogen (secondary N) is 1. The molecule has 0 fully saturated rings. The van der Waals surface area contributed by atoms with Crippen LogP contribution in [0.5, 0.6) is 17.2 Å². The predicted molar refractivity (Wildman–Crippen MR) is 158 cm³/mol. The maximum atomic E-state index is 13.9. The largest absolute Gasteiger partial charge is 0.497 e. The second kappa shape index (κ2) is 11.4. The van der Waals surface area contributed by atoms with Crippen LogP contribution < -0.4 is 14.2 Å². The molecule has 6 rings (SSSR count). The van der Waals surface area contributed by atoms with Gasteiger partial charge in [-0.15, -0.1) is 0 Å². The summed E-state index contributed by atoms with van der Waals surface area (Å²) in [6.07, 6.45) is 0. The number of aromatic nitrogens is 2. The molecule has 4 aromatic carbocycles. The molecule has 1 atom stereocenters. The maximum Gasteiger partial charge on any atom is 0.273 e. The molecule has 1 aliphatic heterocycles. The number of nitrogens with zero attached hydrogens (tertiary/aromatic N) is 2. The number of aromatic amines is 1. The van der Waals surface area contributed by atoms with Crippen LogP contribution in [0.1, 0.15) is 38.8 Å². The number of hydrogen-bond donors (Lipinski definition) is 1. The Labute approximate surface area is 243 Å². The lowest BCUT2D eigenvalue weighted by atomic mass is 9.95. The summed E-state index contributed by atoms with van der Waals surface area (Å²) < 4.78 is 17.2. The van der Waals surface area contributed by atoms with Crippen molar-refractivity contribution >= 4 is 17.5 Å².